The molecular weight excluding hydrogens is 258 g/mol. The van der Waals surface area contributed by atoms with Gasteiger partial charge in [-0.25, -0.2) is 4.98 Å². The third-order valence-corrected chi connectivity index (χ3v) is 4.06. The van der Waals surface area contributed by atoms with Crippen LogP contribution in [0.4, 0.5) is 0 Å². The van der Waals surface area contributed by atoms with Crippen molar-refractivity contribution >= 4 is 34.0 Å². The number of carbonyl (C=O) groups is 1. The van der Waals surface area contributed by atoms with Crippen molar-refractivity contribution in [2.45, 2.75) is 11.8 Å². The number of nitrogens with zero attached hydrogens (tertiary/aromatic N) is 2. The molecule has 7 heteroatoms. The zero-order chi connectivity index (χ0) is 12.3. The summed E-state index contributed by atoms with van der Waals surface area (Å²) in [7, 11) is 1.34. The first-order valence-corrected chi connectivity index (χ1v) is 7.06. The van der Waals surface area contributed by atoms with Gasteiger partial charge in [-0.1, -0.05) is 0 Å². The van der Waals surface area contributed by atoms with E-state index in [0.717, 1.165) is 16.4 Å². The fourth-order valence-electron chi connectivity index (χ4n) is 1.36. The number of imidazole rings is 1. The highest BCUT2D eigenvalue weighted by atomic mass is 32.2. The van der Waals surface area contributed by atoms with Gasteiger partial charge in [0.2, 0.25) is 0 Å². The normalized spacial score (nSPS) is 12.8. The van der Waals surface area contributed by atoms with Crippen molar-refractivity contribution in [3.63, 3.8) is 0 Å². The third kappa shape index (κ3) is 2.99. The number of hydrogen-bond donors (Lipinski definition) is 1. The molecule has 0 aromatic carbocycles. The molecular formula is C10H13N3O2S2. The molecule has 0 bridgehead atoms. The van der Waals surface area contributed by atoms with Crippen LogP contribution in [0, 0.1) is 0 Å². The van der Waals surface area contributed by atoms with Crippen LogP contribution in [0.25, 0.3) is 4.96 Å². The van der Waals surface area contributed by atoms with Crippen LogP contribution in [0.3, 0.4) is 0 Å². The highest BCUT2D eigenvalue weighted by Gasteiger charge is 2.13. The molecule has 0 radical (unpaired) electrons. The van der Waals surface area contributed by atoms with Crippen LogP contribution in [0.1, 0.15) is 5.69 Å². The van der Waals surface area contributed by atoms with Gasteiger partial charge in [0.05, 0.1) is 12.8 Å². The van der Waals surface area contributed by atoms with E-state index < -0.39 is 6.04 Å². The summed E-state index contributed by atoms with van der Waals surface area (Å²) < 4.78 is 6.54. The van der Waals surface area contributed by atoms with Gasteiger partial charge in [0.15, 0.2) is 4.96 Å². The molecule has 0 amide bonds. The van der Waals surface area contributed by atoms with Crippen molar-refractivity contribution in [3.8, 4) is 0 Å². The zero-order valence-electron chi connectivity index (χ0n) is 9.33. The molecule has 0 saturated carbocycles. The number of carbonyl (C=O) groups excluding carboxylic acids is 1. The van der Waals surface area contributed by atoms with E-state index in [9.17, 15) is 4.79 Å². The minimum Gasteiger partial charge on any atom is -0.468 e. The summed E-state index contributed by atoms with van der Waals surface area (Å²) in [5.41, 5.74) is 6.63. The fraction of sp³-hybridized carbons (Fsp3) is 0.400. The van der Waals surface area contributed by atoms with Gasteiger partial charge in [-0.05, 0) is 0 Å². The number of esters is 1. The van der Waals surface area contributed by atoms with Gasteiger partial charge in [0.25, 0.3) is 0 Å². The summed E-state index contributed by atoms with van der Waals surface area (Å²) in [5.74, 6) is 0.917. The lowest BCUT2D eigenvalue weighted by Crippen LogP contribution is -2.33. The molecule has 92 valence electrons. The molecule has 0 aliphatic carbocycles. The molecule has 0 saturated heterocycles. The Labute approximate surface area is 107 Å². The maximum absolute atomic E-state index is 11.1. The Kier molecular flexibility index (Phi) is 4.03. The third-order valence-electron chi connectivity index (χ3n) is 2.19. The van der Waals surface area contributed by atoms with Crippen molar-refractivity contribution in [1.29, 1.82) is 0 Å². The van der Waals surface area contributed by atoms with Crippen LogP contribution in [0.15, 0.2) is 17.8 Å². The standard InChI is InChI=1S/C10H13N3O2S2/c1-15-9(14)8(11)6-16-5-7-4-13-2-3-17-10(13)12-7/h2-4,8H,5-6,11H2,1H3. The number of aromatic nitrogens is 2. The van der Waals surface area contributed by atoms with Crippen LogP contribution in [0.2, 0.25) is 0 Å². The quantitative estimate of drug-likeness (QED) is 0.826. The monoisotopic (exact) mass is 271 g/mol. The first kappa shape index (κ1) is 12.4. The number of fused-ring (bicyclic) bond motifs is 1. The van der Waals surface area contributed by atoms with E-state index in [4.69, 9.17) is 5.73 Å². The zero-order valence-corrected chi connectivity index (χ0v) is 11.0. The average molecular weight is 271 g/mol. The molecule has 0 aliphatic heterocycles. The first-order chi connectivity index (χ1) is 8.20. The molecule has 0 fully saturated rings. The summed E-state index contributed by atoms with van der Waals surface area (Å²) in [4.78, 5) is 16.5. The minimum absolute atomic E-state index is 0.372. The van der Waals surface area contributed by atoms with Crippen LogP contribution in [-0.2, 0) is 15.3 Å². The Morgan fingerprint density at radius 2 is 2.59 bits per heavy atom. The van der Waals surface area contributed by atoms with Crippen LogP contribution >= 0.6 is 23.1 Å². The Morgan fingerprint density at radius 3 is 3.29 bits per heavy atom. The molecule has 17 heavy (non-hydrogen) atoms. The maximum atomic E-state index is 11.1. The summed E-state index contributed by atoms with van der Waals surface area (Å²) >= 11 is 3.18. The molecule has 1 unspecified atom stereocenters. The van der Waals surface area contributed by atoms with E-state index in [1.165, 1.54) is 7.11 Å². The molecule has 0 aliphatic rings. The average Bonchev–Trinajstić information content (AvgIpc) is 2.88. The Bertz CT molecular complexity index is 480. The number of ether oxygens (including phenoxy) is 1. The minimum atomic E-state index is -0.561. The van der Waals surface area contributed by atoms with Gasteiger partial charge in [-0.2, -0.15) is 11.8 Å². The molecule has 1 atom stereocenters. The highest BCUT2D eigenvalue weighted by molar-refractivity contribution is 7.98. The number of thiazole rings is 1. The van der Waals surface area contributed by atoms with Crippen molar-refractivity contribution in [2.75, 3.05) is 12.9 Å². The lowest BCUT2D eigenvalue weighted by molar-refractivity contribution is -0.141. The van der Waals surface area contributed by atoms with E-state index in [0.29, 0.717) is 5.75 Å². The van der Waals surface area contributed by atoms with Gasteiger partial charge in [-0.3, -0.25) is 9.20 Å². The number of nitrogens with two attached hydrogens (primary N) is 1. The molecule has 2 N–H and O–H groups in total. The van der Waals surface area contributed by atoms with Crippen molar-refractivity contribution in [2.24, 2.45) is 5.73 Å². The number of methoxy groups -OCH3 is 1. The van der Waals surface area contributed by atoms with E-state index >= 15 is 0 Å². The Hall–Kier alpha value is -1.05. The molecule has 2 rings (SSSR count). The van der Waals surface area contributed by atoms with E-state index in [-0.39, 0.29) is 5.97 Å². The maximum Gasteiger partial charge on any atom is 0.323 e. The van der Waals surface area contributed by atoms with Crippen LogP contribution in [0.5, 0.6) is 0 Å². The fourth-order valence-corrected chi connectivity index (χ4v) is 2.93. The summed E-state index contributed by atoms with van der Waals surface area (Å²) in [5, 5.41) is 1.99. The van der Waals surface area contributed by atoms with Gasteiger partial charge >= 0.3 is 5.97 Å². The van der Waals surface area contributed by atoms with Gasteiger partial charge in [0.1, 0.15) is 6.04 Å². The molecule has 0 spiro atoms. The second-order valence-corrected chi connectivity index (χ2v) is 5.37. The summed E-state index contributed by atoms with van der Waals surface area (Å²) in [6, 6.07) is -0.561. The summed E-state index contributed by atoms with van der Waals surface area (Å²) in [6.07, 6.45) is 3.96. The SMILES string of the molecule is COC(=O)C(N)CSCc1cn2ccsc2n1. The predicted molar refractivity (Wildman–Crippen MR) is 69.2 cm³/mol. The predicted octanol–water partition coefficient (Wildman–Crippen LogP) is 1.13. The van der Waals surface area contributed by atoms with E-state index in [1.807, 2.05) is 22.2 Å². The van der Waals surface area contributed by atoms with Crippen molar-refractivity contribution < 1.29 is 9.53 Å². The molecule has 5 nitrogen and oxygen atoms in total. The van der Waals surface area contributed by atoms with E-state index in [2.05, 4.69) is 9.72 Å². The number of hydrogen-bond acceptors (Lipinski definition) is 6. The van der Waals surface area contributed by atoms with Crippen LogP contribution < -0.4 is 5.73 Å². The first-order valence-electron chi connectivity index (χ1n) is 5.03. The summed E-state index contributed by atoms with van der Waals surface area (Å²) in [6.45, 7) is 0. The Balaban J connectivity index is 1.82. The molecule has 2 aromatic heterocycles. The highest BCUT2D eigenvalue weighted by Crippen LogP contribution is 2.16. The Morgan fingerprint density at radius 1 is 1.76 bits per heavy atom. The van der Waals surface area contributed by atoms with Gasteiger partial charge in [-0.15, -0.1) is 11.3 Å². The molecule has 2 heterocycles. The number of rotatable bonds is 5. The lowest BCUT2D eigenvalue weighted by atomic mass is 10.4. The van der Waals surface area contributed by atoms with Crippen molar-refractivity contribution in [3.05, 3.63) is 23.5 Å². The van der Waals surface area contributed by atoms with Gasteiger partial charge < -0.3 is 10.5 Å². The molecule has 2 aromatic rings. The number of thioether (sulfide) groups is 1. The second-order valence-electron chi connectivity index (χ2n) is 3.47. The van der Waals surface area contributed by atoms with E-state index in [1.54, 1.807) is 23.1 Å². The van der Waals surface area contributed by atoms with Gasteiger partial charge in [0, 0.05) is 29.3 Å². The smallest absolute Gasteiger partial charge is 0.323 e. The largest absolute Gasteiger partial charge is 0.468 e. The lowest BCUT2D eigenvalue weighted by Gasteiger charge is -2.07. The van der Waals surface area contributed by atoms with Crippen LogP contribution in [-0.4, -0.2) is 34.3 Å². The second kappa shape index (κ2) is 5.52. The van der Waals surface area contributed by atoms with Crippen molar-refractivity contribution in [1.82, 2.24) is 9.38 Å². The topological polar surface area (TPSA) is 69.6 Å².